The van der Waals surface area contributed by atoms with E-state index in [1.165, 1.54) is 25.5 Å². The smallest absolute Gasteiger partial charge is 0.257 e. The van der Waals surface area contributed by atoms with Crippen molar-refractivity contribution in [1.29, 1.82) is 0 Å². The van der Waals surface area contributed by atoms with Crippen molar-refractivity contribution in [2.24, 2.45) is 0 Å². The fraction of sp³-hybridized carbons (Fsp3) is 0.227. The number of carbonyl (C=O) groups excluding carboxylic acids is 1. The Morgan fingerprint density at radius 1 is 1.03 bits per heavy atom. The maximum absolute atomic E-state index is 13.2. The van der Waals surface area contributed by atoms with Crippen LogP contribution in [0.1, 0.15) is 16.6 Å². The summed E-state index contributed by atoms with van der Waals surface area (Å²) in [4.78, 5) is 12.3. The lowest BCUT2D eigenvalue weighted by Gasteiger charge is -2.17. The molecule has 0 saturated carbocycles. The SMILES string of the molecule is COc1ccc(S(=O)(=O)[C@H](CNC(=O)COc2ccc(C)cc2)c2ccco2)cc1. The molecule has 0 aliphatic carbocycles. The number of sulfone groups is 1. The zero-order valence-corrected chi connectivity index (χ0v) is 17.5. The number of amides is 1. The van der Waals surface area contributed by atoms with Gasteiger partial charge in [0.25, 0.3) is 5.91 Å². The number of rotatable bonds is 9. The molecule has 8 heteroatoms. The van der Waals surface area contributed by atoms with Gasteiger partial charge in [0.1, 0.15) is 22.5 Å². The molecule has 158 valence electrons. The normalized spacial score (nSPS) is 12.2. The molecule has 3 rings (SSSR count). The van der Waals surface area contributed by atoms with E-state index in [1.54, 1.807) is 36.4 Å². The van der Waals surface area contributed by atoms with E-state index in [0.717, 1.165) is 5.56 Å². The van der Waals surface area contributed by atoms with Crippen LogP contribution in [0.4, 0.5) is 0 Å². The van der Waals surface area contributed by atoms with E-state index in [9.17, 15) is 13.2 Å². The Labute approximate surface area is 175 Å². The number of nitrogens with one attached hydrogen (secondary N) is 1. The van der Waals surface area contributed by atoms with Crippen molar-refractivity contribution in [3.05, 3.63) is 78.3 Å². The van der Waals surface area contributed by atoms with Gasteiger partial charge in [-0.3, -0.25) is 4.79 Å². The maximum Gasteiger partial charge on any atom is 0.257 e. The number of furan rings is 1. The van der Waals surface area contributed by atoms with Crippen LogP contribution in [0.5, 0.6) is 11.5 Å². The minimum absolute atomic E-state index is 0.106. The number of ether oxygens (including phenoxy) is 2. The Balaban J connectivity index is 1.69. The molecule has 0 fully saturated rings. The summed E-state index contributed by atoms with van der Waals surface area (Å²) in [6.07, 6.45) is 1.40. The highest BCUT2D eigenvalue weighted by Crippen LogP contribution is 2.30. The molecule has 0 radical (unpaired) electrons. The highest BCUT2D eigenvalue weighted by molar-refractivity contribution is 7.91. The topological polar surface area (TPSA) is 94.8 Å². The number of hydrogen-bond acceptors (Lipinski definition) is 6. The summed E-state index contributed by atoms with van der Waals surface area (Å²) in [5, 5.41) is 1.54. The molecule has 0 aliphatic heterocycles. The number of methoxy groups -OCH3 is 1. The predicted octanol–water partition coefficient (Wildman–Crippen LogP) is 3.31. The lowest BCUT2D eigenvalue weighted by atomic mass is 10.2. The molecule has 0 saturated heterocycles. The van der Waals surface area contributed by atoms with Crippen molar-refractivity contribution in [3.63, 3.8) is 0 Å². The molecular formula is C22H23NO6S. The van der Waals surface area contributed by atoms with E-state index < -0.39 is 21.0 Å². The van der Waals surface area contributed by atoms with E-state index in [0.29, 0.717) is 11.5 Å². The van der Waals surface area contributed by atoms with Gasteiger partial charge < -0.3 is 19.2 Å². The molecule has 0 aliphatic rings. The van der Waals surface area contributed by atoms with Crippen LogP contribution in [0.25, 0.3) is 0 Å². The van der Waals surface area contributed by atoms with Gasteiger partial charge in [0.05, 0.1) is 18.3 Å². The second-order valence-corrected chi connectivity index (χ2v) is 8.76. The van der Waals surface area contributed by atoms with Gasteiger partial charge in [-0.05, 0) is 55.5 Å². The molecule has 1 N–H and O–H groups in total. The number of hydrogen-bond donors (Lipinski definition) is 1. The highest BCUT2D eigenvalue weighted by atomic mass is 32.2. The Hall–Kier alpha value is -3.26. The molecule has 30 heavy (non-hydrogen) atoms. The summed E-state index contributed by atoms with van der Waals surface area (Å²) in [6.45, 7) is 1.57. The first-order chi connectivity index (χ1) is 14.4. The quantitative estimate of drug-likeness (QED) is 0.561. The Bertz CT molecular complexity index is 1060. The molecule has 0 bridgehead atoms. The fourth-order valence-corrected chi connectivity index (χ4v) is 4.39. The van der Waals surface area contributed by atoms with Crippen LogP contribution in [-0.4, -0.2) is 34.6 Å². The van der Waals surface area contributed by atoms with Gasteiger partial charge >= 0.3 is 0 Å². The maximum atomic E-state index is 13.2. The average Bonchev–Trinajstić information content (AvgIpc) is 3.27. The van der Waals surface area contributed by atoms with Crippen molar-refractivity contribution in [2.75, 3.05) is 20.3 Å². The first-order valence-corrected chi connectivity index (χ1v) is 10.8. The Morgan fingerprint density at radius 3 is 2.30 bits per heavy atom. The van der Waals surface area contributed by atoms with Gasteiger partial charge in [0.15, 0.2) is 16.4 Å². The van der Waals surface area contributed by atoms with E-state index >= 15 is 0 Å². The van der Waals surface area contributed by atoms with Crippen LogP contribution in [0.2, 0.25) is 0 Å². The van der Waals surface area contributed by atoms with Crippen LogP contribution in [0.15, 0.2) is 76.2 Å². The zero-order chi connectivity index (χ0) is 21.6. The van der Waals surface area contributed by atoms with Crippen LogP contribution < -0.4 is 14.8 Å². The van der Waals surface area contributed by atoms with Gasteiger partial charge in [-0.1, -0.05) is 17.7 Å². The van der Waals surface area contributed by atoms with Crippen molar-refractivity contribution >= 4 is 15.7 Å². The van der Waals surface area contributed by atoms with Crippen LogP contribution in [0, 0.1) is 6.92 Å². The minimum atomic E-state index is -3.82. The largest absolute Gasteiger partial charge is 0.497 e. The van der Waals surface area contributed by atoms with Gasteiger partial charge in [0, 0.05) is 6.54 Å². The van der Waals surface area contributed by atoms with E-state index in [-0.39, 0.29) is 23.8 Å². The molecule has 2 aromatic carbocycles. The molecular weight excluding hydrogens is 406 g/mol. The van der Waals surface area contributed by atoms with Crippen molar-refractivity contribution in [1.82, 2.24) is 5.32 Å². The fourth-order valence-electron chi connectivity index (χ4n) is 2.81. The van der Waals surface area contributed by atoms with E-state index in [1.807, 2.05) is 19.1 Å². The third-order valence-corrected chi connectivity index (χ3v) is 6.58. The van der Waals surface area contributed by atoms with Gasteiger partial charge in [-0.25, -0.2) is 8.42 Å². The Kier molecular flexibility index (Phi) is 6.79. The van der Waals surface area contributed by atoms with Gasteiger partial charge in [-0.2, -0.15) is 0 Å². The van der Waals surface area contributed by atoms with Crippen LogP contribution in [-0.2, 0) is 14.6 Å². The summed E-state index contributed by atoms with van der Waals surface area (Å²) in [6, 6.07) is 16.5. The first kappa shape index (κ1) is 21.4. The molecule has 0 unspecified atom stereocenters. The summed E-state index contributed by atoms with van der Waals surface area (Å²) < 4.78 is 42.2. The molecule has 0 spiro atoms. The number of carbonyl (C=O) groups is 1. The predicted molar refractivity (Wildman–Crippen MR) is 111 cm³/mol. The zero-order valence-electron chi connectivity index (χ0n) is 16.7. The summed E-state index contributed by atoms with van der Waals surface area (Å²) in [5.74, 6) is 0.914. The van der Waals surface area contributed by atoms with Gasteiger partial charge in [0.2, 0.25) is 0 Å². The molecule has 1 heterocycles. The van der Waals surface area contributed by atoms with Crippen molar-refractivity contribution in [3.8, 4) is 11.5 Å². The molecule has 1 aromatic heterocycles. The summed E-state index contributed by atoms with van der Waals surface area (Å²) >= 11 is 0. The minimum Gasteiger partial charge on any atom is -0.497 e. The van der Waals surface area contributed by atoms with Crippen LogP contribution >= 0.6 is 0 Å². The molecule has 3 aromatic rings. The standard InChI is InChI=1S/C22H23NO6S/c1-16-5-7-18(8-6-16)29-15-22(24)23-14-21(20-4-3-13-28-20)30(25,26)19-11-9-17(27-2)10-12-19/h3-13,21H,14-15H2,1-2H3,(H,23,24)/t21-/m1/s1. The first-order valence-electron chi connectivity index (χ1n) is 9.27. The third kappa shape index (κ3) is 5.21. The molecule has 1 amide bonds. The van der Waals surface area contributed by atoms with E-state index in [2.05, 4.69) is 5.32 Å². The summed E-state index contributed by atoms with van der Waals surface area (Å²) in [7, 11) is -2.32. The third-order valence-electron chi connectivity index (χ3n) is 4.50. The number of aryl methyl sites for hydroxylation is 1. The lowest BCUT2D eigenvalue weighted by molar-refractivity contribution is -0.123. The number of benzene rings is 2. The lowest BCUT2D eigenvalue weighted by Crippen LogP contribution is -2.34. The summed E-state index contributed by atoms with van der Waals surface area (Å²) in [5.41, 5.74) is 1.08. The highest BCUT2D eigenvalue weighted by Gasteiger charge is 2.32. The Morgan fingerprint density at radius 2 is 1.70 bits per heavy atom. The second kappa shape index (κ2) is 9.49. The van der Waals surface area contributed by atoms with Crippen LogP contribution in [0.3, 0.4) is 0 Å². The van der Waals surface area contributed by atoms with Gasteiger partial charge in [-0.15, -0.1) is 0 Å². The monoisotopic (exact) mass is 429 g/mol. The molecule has 7 nitrogen and oxygen atoms in total. The molecule has 1 atom stereocenters. The average molecular weight is 429 g/mol. The van der Waals surface area contributed by atoms with Crippen molar-refractivity contribution < 1.29 is 27.1 Å². The second-order valence-electron chi connectivity index (χ2n) is 6.63. The van der Waals surface area contributed by atoms with E-state index in [4.69, 9.17) is 13.9 Å². The van der Waals surface area contributed by atoms with Crippen molar-refractivity contribution in [2.45, 2.75) is 17.1 Å².